The van der Waals surface area contributed by atoms with E-state index in [-0.39, 0.29) is 23.8 Å². The van der Waals surface area contributed by atoms with Gasteiger partial charge in [0, 0.05) is 55.8 Å². The first-order valence-corrected chi connectivity index (χ1v) is 8.75. The molecule has 0 aromatic carbocycles. The van der Waals surface area contributed by atoms with Crippen LogP contribution < -0.4 is 4.74 Å². The van der Waals surface area contributed by atoms with E-state index in [2.05, 4.69) is 4.98 Å². The summed E-state index contributed by atoms with van der Waals surface area (Å²) in [6.07, 6.45) is 4.80. The predicted molar refractivity (Wildman–Crippen MR) is 91.3 cm³/mol. The monoisotopic (exact) mass is 347 g/mol. The molecule has 3 heterocycles. The van der Waals surface area contributed by atoms with Crippen LogP contribution in [0.4, 0.5) is 0 Å². The van der Waals surface area contributed by atoms with Crippen molar-refractivity contribution >= 4 is 11.8 Å². The molecule has 136 valence electrons. The Balaban J connectivity index is 1.74. The molecule has 0 radical (unpaired) electrons. The lowest BCUT2D eigenvalue weighted by atomic mass is 9.73. The van der Waals surface area contributed by atoms with Gasteiger partial charge in [-0.05, 0) is 25.3 Å². The number of carbonyl (C=O) groups is 2. The van der Waals surface area contributed by atoms with E-state index >= 15 is 0 Å². The smallest absolute Gasteiger partial charge is 0.254 e. The number of aliphatic hydroxyl groups is 1. The molecule has 2 aliphatic rings. The third kappa shape index (κ3) is 3.76. The van der Waals surface area contributed by atoms with Crippen molar-refractivity contribution < 1.29 is 19.4 Å². The van der Waals surface area contributed by atoms with Crippen molar-refractivity contribution in [1.82, 2.24) is 14.8 Å². The fourth-order valence-electron chi connectivity index (χ4n) is 3.98. The van der Waals surface area contributed by atoms with Crippen molar-refractivity contribution in [3.8, 4) is 5.88 Å². The molecule has 1 N–H and O–H groups in total. The fourth-order valence-corrected chi connectivity index (χ4v) is 3.98. The summed E-state index contributed by atoms with van der Waals surface area (Å²) in [5.41, 5.74) is 0.511. The number of aromatic nitrogens is 1. The maximum Gasteiger partial charge on any atom is 0.254 e. The summed E-state index contributed by atoms with van der Waals surface area (Å²) >= 11 is 0. The quantitative estimate of drug-likeness (QED) is 0.876. The Hall–Kier alpha value is -2.15. The minimum absolute atomic E-state index is 0.0228. The second-order valence-electron chi connectivity index (χ2n) is 6.96. The van der Waals surface area contributed by atoms with Gasteiger partial charge in [-0.15, -0.1) is 0 Å². The van der Waals surface area contributed by atoms with Crippen LogP contribution in [0.15, 0.2) is 18.3 Å². The van der Waals surface area contributed by atoms with Crippen LogP contribution in [-0.4, -0.2) is 71.6 Å². The number of aliphatic hydroxyl groups excluding tert-OH is 1. The van der Waals surface area contributed by atoms with Gasteiger partial charge in [0.05, 0.1) is 13.7 Å². The first kappa shape index (κ1) is 17.7. The molecule has 1 spiro atoms. The summed E-state index contributed by atoms with van der Waals surface area (Å²) < 4.78 is 5.11. The maximum absolute atomic E-state index is 12.9. The maximum atomic E-state index is 12.9. The number of likely N-dealkylation sites (tertiary alicyclic amines) is 2. The first-order valence-electron chi connectivity index (χ1n) is 8.75. The Morgan fingerprint density at radius 3 is 3.00 bits per heavy atom. The summed E-state index contributed by atoms with van der Waals surface area (Å²) in [6, 6.07) is 3.36. The molecule has 1 aromatic rings. The second kappa shape index (κ2) is 7.39. The second-order valence-corrected chi connectivity index (χ2v) is 6.96. The Kier molecular flexibility index (Phi) is 5.22. The van der Waals surface area contributed by atoms with E-state index < -0.39 is 0 Å². The molecule has 1 aromatic heterocycles. The average Bonchev–Trinajstić information content (AvgIpc) is 2.65. The zero-order valence-corrected chi connectivity index (χ0v) is 14.6. The zero-order chi connectivity index (χ0) is 17.9. The van der Waals surface area contributed by atoms with Gasteiger partial charge in [0.2, 0.25) is 11.8 Å². The third-order valence-electron chi connectivity index (χ3n) is 5.26. The SMILES string of the molecule is COc1cc(C(=O)N2CCC[C@]3(CCC(=O)N(CCO)C3)C2)ccn1. The highest BCUT2D eigenvalue weighted by molar-refractivity contribution is 5.94. The summed E-state index contributed by atoms with van der Waals surface area (Å²) in [4.78, 5) is 32.6. The minimum atomic E-state index is -0.0614. The van der Waals surface area contributed by atoms with Crippen LogP contribution in [0.5, 0.6) is 5.88 Å². The van der Waals surface area contributed by atoms with E-state index in [1.54, 1.807) is 23.2 Å². The van der Waals surface area contributed by atoms with E-state index in [4.69, 9.17) is 4.74 Å². The Bertz CT molecular complexity index is 651. The number of pyridine rings is 1. The molecule has 7 nitrogen and oxygen atoms in total. The van der Waals surface area contributed by atoms with Crippen LogP contribution in [0.3, 0.4) is 0 Å². The number of β-amino-alcohol motifs (C(OH)–C–C–N with tert-alkyl or cyclic N) is 1. The number of amides is 2. The molecule has 3 rings (SSSR count). The molecule has 0 bridgehead atoms. The van der Waals surface area contributed by atoms with Crippen molar-refractivity contribution in [2.75, 3.05) is 39.9 Å². The molecule has 0 unspecified atom stereocenters. The highest BCUT2D eigenvalue weighted by Crippen LogP contribution is 2.39. The molecule has 2 saturated heterocycles. The Labute approximate surface area is 147 Å². The molecule has 2 aliphatic heterocycles. The third-order valence-corrected chi connectivity index (χ3v) is 5.26. The van der Waals surface area contributed by atoms with Gasteiger partial charge < -0.3 is 19.6 Å². The minimum Gasteiger partial charge on any atom is -0.481 e. The van der Waals surface area contributed by atoms with Crippen molar-refractivity contribution in [3.05, 3.63) is 23.9 Å². The highest BCUT2D eigenvalue weighted by Gasteiger charge is 2.42. The number of rotatable bonds is 4. The number of nitrogens with zero attached hydrogens (tertiary/aromatic N) is 3. The van der Waals surface area contributed by atoms with Gasteiger partial charge in [-0.3, -0.25) is 9.59 Å². The number of ether oxygens (including phenoxy) is 1. The van der Waals surface area contributed by atoms with Crippen molar-refractivity contribution in [3.63, 3.8) is 0 Å². The molecule has 7 heteroatoms. The van der Waals surface area contributed by atoms with Gasteiger partial charge >= 0.3 is 0 Å². The standard InChI is InChI=1S/C18H25N3O4/c1-25-15-11-14(4-7-19-15)17(24)21-8-2-5-18(13-21)6-3-16(23)20(12-18)9-10-22/h4,7,11,22H,2-3,5-6,8-10,12-13H2,1H3/t18-/m1/s1. The molecule has 0 saturated carbocycles. The number of piperidine rings is 2. The lowest BCUT2D eigenvalue weighted by Crippen LogP contribution is -2.55. The van der Waals surface area contributed by atoms with E-state index in [1.807, 2.05) is 4.90 Å². The van der Waals surface area contributed by atoms with Gasteiger partial charge in [0.15, 0.2) is 0 Å². The van der Waals surface area contributed by atoms with Gasteiger partial charge in [-0.2, -0.15) is 0 Å². The molecular formula is C18H25N3O4. The van der Waals surface area contributed by atoms with Gasteiger partial charge in [-0.1, -0.05) is 0 Å². The molecule has 2 fully saturated rings. The topological polar surface area (TPSA) is 83.0 Å². The summed E-state index contributed by atoms with van der Waals surface area (Å²) in [6.45, 7) is 2.33. The van der Waals surface area contributed by atoms with E-state index in [0.717, 1.165) is 25.8 Å². The molecule has 2 amide bonds. The lowest BCUT2D eigenvalue weighted by molar-refractivity contribution is -0.139. The Morgan fingerprint density at radius 1 is 1.40 bits per heavy atom. The molecule has 25 heavy (non-hydrogen) atoms. The fraction of sp³-hybridized carbons (Fsp3) is 0.611. The van der Waals surface area contributed by atoms with Crippen LogP contribution in [0.1, 0.15) is 36.0 Å². The largest absolute Gasteiger partial charge is 0.481 e. The van der Waals surface area contributed by atoms with Crippen LogP contribution in [-0.2, 0) is 4.79 Å². The Morgan fingerprint density at radius 2 is 2.24 bits per heavy atom. The zero-order valence-electron chi connectivity index (χ0n) is 14.6. The van der Waals surface area contributed by atoms with Crippen molar-refractivity contribution in [1.29, 1.82) is 0 Å². The van der Waals surface area contributed by atoms with E-state index in [1.165, 1.54) is 7.11 Å². The lowest BCUT2D eigenvalue weighted by Gasteiger charge is -2.48. The number of carbonyl (C=O) groups excluding carboxylic acids is 2. The number of hydrogen-bond donors (Lipinski definition) is 1. The van der Waals surface area contributed by atoms with Crippen LogP contribution >= 0.6 is 0 Å². The summed E-state index contributed by atoms with van der Waals surface area (Å²) in [5.74, 6) is 0.502. The molecular weight excluding hydrogens is 322 g/mol. The van der Waals surface area contributed by atoms with Crippen LogP contribution in [0, 0.1) is 5.41 Å². The van der Waals surface area contributed by atoms with Gasteiger partial charge in [0.25, 0.3) is 5.91 Å². The predicted octanol–water partition coefficient (Wildman–Crippen LogP) is 0.927. The highest BCUT2D eigenvalue weighted by atomic mass is 16.5. The van der Waals surface area contributed by atoms with Gasteiger partial charge in [-0.25, -0.2) is 4.98 Å². The number of methoxy groups -OCH3 is 1. The van der Waals surface area contributed by atoms with E-state index in [9.17, 15) is 14.7 Å². The van der Waals surface area contributed by atoms with E-state index in [0.29, 0.717) is 37.5 Å². The molecule has 0 aliphatic carbocycles. The number of hydrogen-bond acceptors (Lipinski definition) is 5. The van der Waals surface area contributed by atoms with Crippen molar-refractivity contribution in [2.24, 2.45) is 5.41 Å². The molecule has 1 atom stereocenters. The first-order chi connectivity index (χ1) is 12.1. The average molecular weight is 347 g/mol. The van der Waals surface area contributed by atoms with Crippen molar-refractivity contribution in [2.45, 2.75) is 25.7 Å². The van der Waals surface area contributed by atoms with Gasteiger partial charge in [0.1, 0.15) is 0 Å². The van der Waals surface area contributed by atoms with Crippen LogP contribution in [0.25, 0.3) is 0 Å². The van der Waals surface area contributed by atoms with Crippen LogP contribution in [0.2, 0.25) is 0 Å². The summed E-state index contributed by atoms with van der Waals surface area (Å²) in [5, 5.41) is 9.19. The summed E-state index contributed by atoms with van der Waals surface area (Å²) in [7, 11) is 1.53. The normalized spacial score (nSPS) is 23.8.